The number of rotatable bonds is 5. The lowest BCUT2D eigenvalue weighted by Gasteiger charge is -2.26. The molecule has 0 aliphatic heterocycles. The molecule has 102 valence electrons. The lowest BCUT2D eigenvalue weighted by molar-refractivity contribution is -0.138. The molecule has 0 aromatic heterocycles. The van der Waals surface area contributed by atoms with Gasteiger partial charge in [-0.3, -0.25) is 4.79 Å². The zero-order valence-corrected chi connectivity index (χ0v) is 12.8. The fraction of sp³-hybridized carbons (Fsp3) is 0.429. The van der Waals surface area contributed by atoms with Crippen molar-refractivity contribution in [2.75, 3.05) is 7.05 Å². The highest BCUT2D eigenvalue weighted by Gasteiger charge is 2.22. The molecule has 4 nitrogen and oxygen atoms in total. The van der Waals surface area contributed by atoms with Crippen molar-refractivity contribution in [1.82, 2.24) is 4.90 Å². The normalized spacial score (nSPS) is 13.2. The second kappa shape index (κ2) is 7.15. The maximum Gasteiger partial charge on any atom is 0.263 e. The van der Waals surface area contributed by atoms with E-state index in [2.05, 4.69) is 22.0 Å². The predicted molar refractivity (Wildman–Crippen MR) is 76.7 cm³/mol. The number of hydrogen-bond donors (Lipinski definition) is 0. The molecule has 1 rings (SSSR count). The molecule has 0 saturated heterocycles. The molecule has 1 aromatic rings. The van der Waals surface area contributed by atoms with Crippen molar-refractivity contribution < 1.29 is 9.53 Å². The van der Waals surface area contributed by atoms with Gasteiger partial charge in [-0.15, -0.1) is 0 Å². The smallest absolute Gasteiger partial charge is 0.263 e. The second-order valence-corrected chi connectivity index (χ2v) is 5.29. The topological polar surface area (TPSA) is 53.3 Å². The van der Waals surface area contributed by atoms with Crippen molar-refractivity contribution in [3.63, 3.8) is 0 Å². The first-order chi connectivity index (χ1) is 8.95. The van der Waals surface area contributed by atoms with Gasteiger partial charge in [-0.2, -0.15) is 5.26 Å². The van der Waals surface area contributed by atoms with Crippen molar-refractivity contribution in [2.45, 2.75) is 32.4 Å². The lowest BCUT2D eigenvalue weighted by Crippen LogP contribution is -2.42. The first-order valence-electron chi connectivity index (χ1n) is 6.01. The van der Waals surface area contributed by atoms with Crippen LogP contribution in [0.1, 0.15) is 20.3 Å². The van der Waals surface area contributed by atoms with Crippen LogP contribution in [0.5, 0.6) is 5.75 Å². The zero-order valence-electron chi connectivity index (χ0n) is 11.3. The summed E-state index contributed by atoms with van der Waals surface area (Å²) in [6.07, 6.45) is -0.272. The van der Waals surface area contributed by atoms with Crippen LogP contribution in [-0.4, -0.2) is 30.0 Å². The monoisotopic (exact) mass is 324 g/mol. The average Bonchev–Trinajstić information content (AvgIpc) is 2.37. The van der Waals surface area contributed by atoms with Crippen LogP contribution in [0, 0.1) is 11.3 Å². The standard InChI is InChI=1S/C14H17BrN2O2/c1-10(7-8-16)17(3)14(18)11(2)19-13-6-4-5-12(15)9-13/h4-6,9-11H,7H2,1-3H3/t10-,11-/m1/s1. The lowest BCUT2D eigenvalue weighted by atomic mass is 10.2. The summed E-state index contributed by atoms with van der Waals surface area (Å²) >= 11 is 3.35. The third-order valence-corrected chi connectivity index (χ3v) is 3.35. The van der Waals surface area contributed by atoms with Gasteiger partial charge in [-0.25, -0.2) is 0 Å². The molecule has 0 heterocycles. The maximum absolute atomic E-state index is 12.1. The fourth-order valence-electron chi connectivity index (χ4n) is 1.57. The second-order valence-electron chi connectivity index (χ2n) is 4.38. The van der Waals surface area contributed by atoms with E-state index in [-0.39, 0.29) is 11.9 Å². The van der Waals surface area contributed by atoms with Gasteiger partial charge in [0, 0.05) is 17.6 Å². The molecule has 0 saturated carbocycles. The summed E-state index contributed by atoms with van der Waals surface area (Å²) in [4.78, 5) is 13.7. The first-order valence-corrected chi connectivity index (χ1v) is 6.81. The van der Waals surface area contributed by atoms with Gasteiger partial charge < -0.3 is 9.64 Å². The Hall–Kier alpha value is -1.54. The largest absolute Gasteiger partial charge is 0.481 e. The number of amides is 1. The molecular weight excluding hydrogens is 308 g/mol. The van der Waals surface area contributed by atoms with Crippen molar-refractivity contribution in [3.05, 3.63) is 28.7 Å². The van der Waals surface area contributed by atoms with Gasteiger partial charge in [0.25, 0.3) is 5.91 Å². The van der Waals surface area contributed by atoms with Crippen LogP contribution in [0.3, 0.4) is 0 Å². The van der Waals surface area contributed by atoms with Crippen molar-refractivity contribution in [2.24, 2.45) is 0 Å². The highest BCUT2D eigenvalue weighted by molar-refractivity contribution is 9.10. The summed E-state index contributed by atoms with van der Waals surface area (Å²) in [7, 11) is 1.69. The van der Waals surface area contributed by atoms with Gasteiger partial charge in [0.15, 0.2) is 6.10 Å². The van der Waals surface area contributed by atoms with Crippen molar-refractivity contribution >= 4 is 21.8 Å². The molecule has 0 radical (unpaired) electrons. The molecule has 1 amide bonds. The van der Waals surface area contributed by atoms with Crippen LogP contribution >= 0.6 is 15.9 Å². The van der Waals surface area contributed by atoms with Crippen molar-refractivity contribution in [1.29, 1.82) is 5.26 Å². The maximum atomic E-state index is 12.1. The van der Waals surface area contributed by atoms with Crippen LogP contribution in [-0.2, 0) is 4.79 Å². The van der Waals surface area contributed by atoms with E-state index >= 15 is 0 Å². The van der Waals surface area contributed by atoms with Crippen LogP contribution < -0.4 is 4.74 Å². The summed E-state index contributed by atoms with van der Waals surface area (Å²) in [6, 6.07) is 9.28. The van der Waals surface area contributed by atoms with E-state index in [0.717, 1.165) is 4.47 Å². The molecule has 0 aliphatic carbocycles. The number of ether oxygens (including phenoxy) is 1. The van der Waals surface area contributed by atoms with E-state index < -0.39 is 6.10 Å². The SMILES string of the molecule is C[C@H](CC#N)N(C)C(=O)[C@@H](C)Oc1cccc(Br)c1. The number of carbonyl (C=O) groups excluding carboxylic acids is 1. The predicted octanol–water partition coefficient (Wildman–Crippen LogP) is 2.98. The number of nitrogens with zero attached hydrogens (tertiary/aromatic N) is 2. The van der Waals surface area contributed by atoms with E-state index in [1.807, 2.05) is 25.1 Å². The molecule has 0 bridgehead atoms. The van der Waals surface area contributed by atoms with Crippen LogP contribution in [0.2, 0.25) is 0 Å². The quantitative estimate of drug-likeness (QED) is 0.836. The van der Waals surface area contributed by atoms with Crippen molar-refractivity contribution in [3.8, 4) is 11.8 Å². The van der Waals surface area contributed by atoms with Gasteiger partial charge in [0.2, 0.25) is 0 Å². The number of hydrogen-bond acceptors (Lipinski definition) is 3. The Morgan fingerprint density at radius 3 is 2.79 bits per heavy atom. The number of benzene rings is 1. The molecule has 0 fully saturated rings. The van der Waals surface area contributed by atoms with Crippen LogP contribution in [0.15, 0.2) is 28.7 Å². The van der Waals surface area contributed by atoms with E-state index in [9.17, 15) is 4.79 Å². The fourth-order valence-corrected chi connectivity index (χ4v) is 1.95. The minimum absolute atomic E-state index is 0.119. The molecule has 0 N–H and O–H groups in total. The minimum atomic E-state index is -0.583. The molecule has 0 aliphatic rings. The summed E-state index contributed by atoms with van der Waals surface area (Å²) in [5.74, 6) is 0.499. The van der Waals surface area contributed by atoms with Gasteiger partial charge in [-0.05, 0) is 32.0 Å². The number of nitriles is 1. The Labute approximate surface area is 122 Å². The summed E-state index contributed by atoms with van der Waals surface area (Å²) < 4.78 is 6.50. The third kappa shape index (κ3) is 4.56. The van der Waals surface area contributed by atoms with Gasteiger partial charge >= 0.3 is 0 Å². The van der Waals surface area contributed by atoms with Gasteiger partial charge in [0.05, 0.1) is 12.5 Å². The molecule has 0 spiro atoms. The Morgan fingerprint density at radius 2 is 2.21 bits per heavy atom. The Kier molecular flexibility index (Phi) is 5.84. The third-order valence-electron chi connectivity index (χ3n) is 2.85. The summed E-state index contributed by atoms with van der Waals surface area (Å²) in [6.45, 7) is 3.55. The molecule has 19 heavy (non-hydrogen) atoms. The van der Waals surface area contributed by atoms with Crippen LogP contribution in [0.25, 0.3) is 0 Å². The van der Waals surface area contributed by atoms with E-state index in [0.29, 0.717) is 12.2 Å². The van der Waals surface area contributed by atoms with E-state index in [4.69, 9.17) is 10.00 Å². The van der Waals surface area contributed by atoms with Gasteiger partial charge in [-0.1, -0.05) is 22.0 Å². The number of halogens is 1. The minimum Gasteiger partial charge on any atom is -0.481 e. The van der Waals surface area contributed by atoms with E-state index in [1.54, 1.807) is 24.9 Å². The Balaban J connectivity index is 2.65. The molecule has 2 atom stereocenters. The van der Waals surface area contributed by atoms with E-state index in [1.165, 1.54) is 0 Å². The number of carbonyl (C=O) groups is 1. The zero-order chi connectivity index (χ0) is 14.4. The highest BCUT2D eigenvalue weighted by atomic mass is 79.9. The highest BCUT2D eigenvalue weighted by Crippen LogP contribution is 2.19. The van der Waals surface area contributed by atoms with Gasteiger partial charge in [0.1, 0.15) is 5.75 Å². The molecule has 0 unspecified atom stereocenters. The Bertz CT molecular complexity index is 485. The number of likely N-dealkylation sites (N-methyl/N-ethyl adjacent to an activating group) is 1. The summed E-state index contributed by atoms with van der Waals surface area (Å²) in [5.41, 5.74) is 0. The average molecular weight is 325 g/mol. The molecule has 1 aromatic carbocycles. The molecular formula is C14H17BrN2O2. The molecule has 5 heteroatoms. The Morgan fingerprint density at radius 1 is 1.53 bits per heavy atom. The first kappa shape index (κ1) is 15.5. The summed E-state index contributed by atoms with van der Waals surface area (Å²) in [5, 5.41) is 8.65. The van der Waals surface area contributed by atoms with Crippen LogP contribution in [0.4, 0.5) is 0 Å².